The molecular formula is C76H124O6. The van der Waals surface area contributed by atoms with Crippen molar-refractivity contribution < 1.29 is 28.6 Å². The van der Waals surface area contributed by atoms with Gasteiger partial charge in [-0.05, 0) is 122 Å². The van der Waals surface area contributed by atoms with Gasteiger partial charge in [-0.15, -0.1) is 0 Å². The molecule has 82 heavy (non-hydrogen) atoms. The Bertz CT molecular complexity index is 1780. The van der Waals surface area contributed by atoms with Crippen molar-refractivity contribution in [2.45, 2.75) is 303 Å². The van der Waals surface area contributed by atoms with E-state index in [0.29, 0.717) is 19.3 Å². The van der Waals surface area contributed by atoms with E-state index in [2.05, 4.69) is 167 Å². The van der Waals surface area contributed by atoms with Crippen LogP contribution in [-0.2, 0) is 28.6 Å². The maximum Gasteiger partial charge on any atom is 0.306 e. The van der Waals surface area contributed by atoms with Gasteiger partial charge in [0.2, 0.25) is 0 Å². The molecule has 0 radical (unpaired) electrons. The Balaban J connectivity index is 4.40. The van der Waals surface area contributed by atoms with Crippen molar-refractivity contribution >= 4 is 17.9 Å². The van der Waals surface area contributed by atoms with Gasteiger partial charge in [0.05, 0.1) is 0 Å². The summed E-state index contributed by atoms with van der Waals surface area (Å²) in [5, 5.41) is 0. The van der Waals surface area contributed by atoms with Gasteiger partial charge in [-0.1, -0.05) is 301 Å². The van der Waals surface area contributed by atoms with Crippen LogP contribution in [-0.4, -0.2) is 37.2 Å². The molecule has 0 saturated carbocycles. The lowest BCUT2D eigenvalue weighted by atomic mass is 10.0. The van der Waals surface area contributed by atoms with Crippen LogP contribution in [0.2, 0.25) is 0 Å². The predicted molar refractivity (Wildman–Crippen MR) is 357 cm³/mol. The molecule has 0 rings (SSSR count). The van der Waals surface area contributed by atoms with Crippen LogP contribution in [0.4, 0.5) is 0 Å². The second-order valence-corrected chi connectivity index (χ2v) is 22.0. The number of unbranched alkanes of at least 4 members (excludes halogenated alkanes) is 25. The van der Waals surface area contributed by atoms with Crippen molar-refractivity contribution in [3.8, 4) is 0 Å². The highest BCUT2D eigenvalue weighted by Gasteiger charge is 2.19. The molecule has 0 heterocycles. The van der Waals surface area contributed by atoms with E-state index >= 15 is 0 Å². The molecule has 0 aliphatic heterocycles. The van der Waals surface area contributed by atoms with Crippen molar-refractivity contribution in [1.82, 2.24) is 0 Å². The van der Waals surface area contributed by atoms with Crippen molar-refractivity contribution in [2.75, 3.05) is 13.2 Å². The molecule has 0 fully saturated rings. The first-order valence-corrected chi connectivity index (χ1v) is 33.8. The van der Waals surface area contributed by atoms with Crippen LogP contribution in [0.25, 0.3) is 0 Å². The summed E-state index contributed by atoms with van der Waals surface area (Å²) in [6.45, 7) is 6.39. The van der Waals surface area contributed by atoms with Crippen LogP contribution in [0.3, 0.4) is 0 Å². The Morgan fingerprint density at radius 2 is 0.476 bits per heavy atom. The first-order chi connectivity index (χ1) is 40.5. The lowest BCUT2D eigenvalue weighted by Crippen LogP contribution is -2.30. The summed E-state index contributed by atoms with van der Waals surface area (Å²) in [6.07, 6.45) is 98.6. The number of carbonyl (C=O) groups is 3. The lowest BCUT2D eigenvalue weighted by molar-refractivity contribution is -0.167. The third-order valence-corrected chi connectivity index (χ3v) is 14.1. The van der Waals surface area contributed by atoms with Gasteiger partial charge in [-0.25, -0.2) is 0 Å². The van der Waals surface area contributed by atoms with Crippen LogP contribution in [0.1, 0.15) is 297 Å². The fourth-order valence-corrected chi connectivity index (χ4v) is 9.10. The average molecular weight is 1130 g/mol. The number of hydrogen-bond donors (Lipinski definition) is 0. The average Bonchev–Trinajstić information content (AvgIpc) is 3.47. The number of carbonyl (C=O) groups excluding carboxylic acids is 3. The highest BCUT2D eigenvalue weighted by Crippen LogP contribution is 2.16. The van der Waals surface area contributed by atoms with E-state index in [4.69, 9.17) is 14.2 Å². The molecule has 6 heteroatoms. The normalized spacial score (nSPS) is 13.1. The van der Waals surface area contributed by atoms with Crippen molar-refractivity contribution in [1.29, 1.82) is 0 Å². The fraction of sp³-hybridized carbons (Fsp3) is 0.645. The van der Waals surface area contributed by atoms with E-state index in [1.54, 1.807) is 0 Å². The van der Waals surface area contributed by atoms with Crippen molar-refractivity contribution in [2.24, 2.45) is 0 Å². The zero-order valence-electron chi connectivity index (χ0n) is 53.2. The fourth-order valence-electron chi connectivity index (χ4n) is 9.10. The van der Waals surface area contributed by atoms with E-state index in [1.807, 2.05) is 0 Å². The van der Waals surface area contributed by atoms with Crippen molar-refractivity contribution in [3.05, 3.63) is 146 Å². The van der Waals surface area contributed by atoms with Gasteiger partial charge in [-0.2, -0.15) is 0 Å². The van der Waals surface area contributed by atoms with E-state index in [0.717, 1.165) is 128 Å². The number of ether oxygens (including phenoxy) is 3. The summed E-state index contributed by atoms with van der Waals surface area (Å²) in [5.41, 5.74) is 0. The molecule has 464 valence electrons. The molecule has 0 aromatic heterocycles. The minimum absolute atomic E-state index is 0.0987. The minimum Gasteiger partial charge on any atom is -0.462 e. The summed E-state index contributed by atoms with van der Waals surface area (Å²) in [7, 11) is 0. The molecule has 1 unspecified atom stereocenters. The maximum atomic E-state index is 12.9. The molecule has 6 nitrogen and oxygen atoms in total. The Labute approximate surface area is 506 Å². The Kier molecular flexibility index (Phi) is 64.8. The first-order valence-electron chi connectivity index (χ1n) is 33.8. The maximum absolute atomic E-state index is 12.9. The quantitative estimate of drug-likeness (QED) is 0.0261. The van der Waals surface area contributed by atoms with E-state index in [9.17, 15) is 14.4 Å². The van der Waals surface area contributed by atoms with Crippen LogP contribution in [0.5, 0.6) is 0 Å². The topological polar surface area (TPSA) is 78.9 Å². The van der Waals surface area contributed by atoms with Crippen LogP contribution >= 0.6 is 0 Å². The smallest absolute Gasteiger partial charge is 0.306 e. The second kappa shape index (κ2) is 68.8. The summed E-state index contributed by atoms with van der Waals surface area (Å²) in [6, 6.07) is 0. The SMILES string of the molecule is CC/C=C\C/C=C\C/C=C\C/C=C\C/C=C\C/C=C\CCCCCCCCCCCCC(=O)OCC(COC(=O)CCCCCCCCCCCCCCCC)OC(=O)CCCC/C=C\C/C=C\C/C=C\C/C=C\C/C=C\C/C=C\CC. The third kappa shape index (κ3) is 66.1. The molecule has 0 spiro atoms. The Morgan fingerprint density at radius 1 is 0.256 bits per heavy atom. The Hall–Kier alpha value is -4.71. The van der Waals surface area contributed by atoms with Crippen LogP contribution < -0.4 is 0 Å². The summed E-state index contributed by atoms with van der Waals surface area (Å²) in [5.74, 6) is -0.942. The van der Waals surface area contributed by atoms with E-state index in [-0.39, 0.29) is 37.5 Å². The molecule has 0 bridgehead atoms. The zero-order valence-corrected chi connectivity index (χ0v) is 53.2. The molecule has 0 aliphatic rings. The zero-order chi connectivity index (χ0) is 59.2. The van der Waals surface area contributed by atoms with Gasteiger partial charge in [0, 0.05) is 19.3 Å². The standard InChI is InChI=1S/C76H124O6/c1-4-7-10-13-16-19-22-25-28-30-32-34-35-36-37-38-39-40-41-43-44-46-48-51-54-57-60-63-66-69-75(78)81-72-73(71-80-74(77)68-65-62-59-56-53-50-27-24-21-18-15-12-9-6-3)82-76(79)70-67-64-61-58-55-52-49-47-45-42-33-31-29-26-23-20-17-14-11-8-5-2/h7-8,10-11,16-17,19-20,25-26,28-29,32-34,36-37,39-40,42,47,49,55,58,73H,4-6,9,12-15,18,21-24,27,30-31,35,38,41,43-46,48,50-54,56-57,59-72H2,1-3H3/b10-7-,11-8-,19-16-,20-17-,28-25-,29-26-,34-32-,37-36-,40-39-,42-33-,49-47-,58-55-. The van der Waals surface area contributed by atoms with Crippen molar-refractivity contribution in [3.63, 3.8) is 0 Å². The highest BCUT2D eigenvalue weighted by atomic mass is 16.6. The van der Waals surface area contributed by atoms with Gasteiger partial charge in [0.1, 0.15) is 13.2 Å². The summed E-state index contributed by atoms with van der Waals surface area (Å²) >= 11 is 0. The number of hydrogen-bond acceptors (Lipinski definition) is 6. The number of rotatable bonds is 60. The second-order valence-electron chi connectivity index (χ2n) is 22.0. The third-order valence-electron chi connectivity index (χ3n) is 14.1. The van der Waals surface area contributed by atoms with E-state index < -0.39 is 6.10 Å². The van der Waals surface area contributed by atoms with Gasteiger partial charge in [0.15, 0.2) is 6.10 Å². The predicted octanol–water partition coefficient (Wildman–Crippen LogP) is 23.5. The number of esters is 3. The molecule has 0 aromatic carbocycles. The monoisotopic (exact) mass is 1130 g/mol. The van der Waals surface area contributed by atoms with E-state index in [1.165, 1.54) is 122 Å². The summed E-state index contributed by atoms with van der Waals surface area (Å²) < 4.78 is 16.9. The Morgan fingerprint density at radius 3 is 0.768 bits per heavy atom. The van der Waals surface area contributed by atoms with Gasteiger partial charge >= 0.3 is 17.9 Å². The molecule has 0 aliphatic carbocycles. The summed E-state index contributed by atoms with van der Waals surface area (Å²) in [4.78, 5) is 38.4. The molecule has 0 amide bonds. The molecule has 0 aromatic rings. The van der Waals surface area contributed by atoms with Gasteiger partial charge < -0.3 is 14.2 Å². The molecule has 0 N–H and O–H groups in total. The molecule has 0 saturated heterocycles. The van der Waals surface area contributed by atoms with Crippen LogP contribution in [0.15, 0.2) is 146 Å². The molecular weight excluding hydrogens is 1010 g/mol. The first kappa shape index (κ1) is 77.3. The minimum atomic E-state index is -0.809. The molecule has 1 atom stereocenters. The van der Waals surface area contributed by atoms with Gasteiger partial charge in [0.25, 0.3) is 0 Å². The highest BCUT2D eigenvalue weighted by molar-refractivity contribution is 5.71. The lowest BCUT2D eigenvalue weighted by Gasteiger charge is -2.18. The largest absolute Gasteiger partial charge is 0.462 e. The van der Waals surface area contributed by atoms with Gasteiger partial charge in [-0.3, -0.25) is 14.4 Å². The van der Waals surface area contributed by atoms with Crippen LogP contribution in [0, 0.1) is 0 Å². The number of allylic oxidation sites excluding steroid dienone is 24.